The highest BCUT2D eigenvalue weighted by atomic mass is 16.8. The first kappa shape index (κ1) is 57.8. The van der Waals surface area contributed by atoms with E-state index in [2.05, 4.69) is 34.6 Å². The fourth-order valence-electron chi connectivity index (χ4n) is 17.7. The number of ether oxygens (including phenoxy) is 9. The molecule has 30 atom stereocenters. The van der Waals surface area contributed by atoms with Gasteiger partial charge in [0.15, 0.2) is 25.2 Å². The van der Waals surface area contributed by atoms with Gasteiger partial charge in [0.1, 0.15) is 85.5 Å². The van der Waals surface area contributed by atoms with Crippen LogP contribution in [0.3, 0.4) is 0 Å². The van der Waals surface area contributed by atoms with Crippen LogP contribution in [0.15, 0.2) is 0 Å². The Morgan fingerprint density at radius 2 is 1.16 bits per heavy atom. The molecule has 13 N–H and O–H groups in total. The van der Waals surface area contributed by atoms with Gasteiger partial charge < -0.3 is 109 Å². The third-order valence-corrected chi connectivity index (χ3v) is 22.5. The molecule has 0 aromatic rings. The van der Waals surface area contributed by atoms with Crippen molar-refractivity contribution in [1.29, 1.82) is 0 Å². The Hall–Kier alpha value is -1.37. The monoisotopic (exact) mass is 1090 g/mol. The van der Waals surface area contributed by atoms with Gasteiger partial charge in [0.25, 0.3) is 0 Å². The maximum Gasteiger partial charge on any atom is 0.309 e. The number of carboxylic acid groups (broad SMARTS) is 1. The quantitative estimate of drug-likeness (QED) is 0.103. The summed E-state index contributed by atoms with van der Waals surface area (Å²) in [5.41, 5.74) is -3.49. The maximum atomic E-state index is 12.8. The normalized spacial score (nSPS) is 57.9. The molecule has 10 aliphatic rings. The summed E-state index contributed by atoms with van der Waals surface area (Å²) in [6, 6.07) is 0. The summed E-state index contributed by atoms with van der Waals surface area (Å²) in [6.07, 6.45) is -25.8. The second kappa shape index (κ2) is 20.2. The maximum absolute atomic E-state index is 12.8. The van der Waals surface area contributed by atoms with E-state index >= 15 is 0 Å². The van der Waals surface area contributed by atoms with E-state index in [1.54, 1.807) is 0 Å². The highest BCUT2D eigenvalue weighted by Gasteiger charge is 2.80. The summed E-state index contributed by atoms with van der Waals surface area (Å²) in [7, 11) is 0. The van der Waals surface area contributed by atoms with Gasteiger partial charge in [0.2, 0.25) is 0 Å². The molecule has 10 rings (SSSR count). The summed E-state index contributed by atoms with van der Waals surface area (Å²) in [5.74, 6) is -0.605. The minimum atomic E-state index is -1.90. The lowest BCUT2D eigenvalue weighted by molar-refractivity contribution is -0.394. The van der Waals surface area contributed by atoms with Gasteiger partial charge in [-0.25, -0.2) is 0 Å². The van der Waals surface area contributed by atoms with E-state index in [9.17, 15) is 71.2 Å². The third-order valence-electron chi connectivity index (χ3n) is 22.5. The van der Waals surface area contributed by atoms with E-state index in [1.807, 2.05) is 6.92 Å². The number of aliphatic hydroxyl groups excluding tert-OH is 12. The van der Waals surface area contributed by atoms with Crippen LogP contribution in [0.25, 0.3) is 0 Å². The molecule has 436 valence electrons. The van der Waals surface area contributed by atoms with Crippen LogP contribution in [0.2, 0.25) is 0 Å². The van der Waals surface area contributed by atoms with Gasteiger partial charge in [0, 0.05) is 10.8 Å². The van der Waals surface area contributed by atoms with Crippen LogP contribution in [0.1, 0.15) is 113 Å². The molecule has 5 aliphatic heterocycles. The molecule has 2 bridgehead atoms. The van der Waals surface area contributed by atoms with Gasteiger partial charge in [0.05, 0.1) is 55.8 Å². The van der Waals surface area contributed by atoms with Crippen molar-refractivity contribution in [2.24, 2.45) is 50.2 Å². The number of fused-ring (bicyclic) bond motifs is 4. The first-order valence-corrected chi connectivity index (χ1v) is 27.7. The minimum Gasteiger partial charge on any atom is -0.481 e. The van der Waals surface area contributed by atoms with Crippen molar-refractivity contribution in [2.75, 3.05) is 26.4 Å². The summed E-state index contributed by atoms with van der Waals surface area (Å²) < 4.78 is 56.2. The van der Waals surface area contributed by atoms with Crippen molar-refractivity contribution in [3.05, 3.63) is 0 Å². The molecule has 23 nitrogen and oxygen atoms in total. The Bertz CT molecular complexity index is 2100. The molecular weight excluding hydrogens is 1000 g/mol. The Morgan fingerprint density at radius 1 is 0.566 bits per heavy atom. The van der Waals surface area contributed by atoms with Crippen molar-refractivity contribution >= 4 is 5.97 Å². The van der Waals surface area contributed by atoms with Crippen LogP contribution in [-0.4, -0.2) is 233 Å². The van der Waals surface area contributed by atoms with Crippen LogP contribution in [0.4, 0.5) is 0 Å². The van der Waals surface area contributed by atoms with E-state index in [1.165, 1.54) is 6.92 Å². The summed E-state index contributed by atoms with van der Waals surface area (Å²) >= 11 is 0. The zero-order valence-corrected chi connectivity index (χ0v) is 44.7. The number of aliphatic carboxylic acids is 1. The van der Waals surface area contributed by atoms with Gasteiger partial charge in [-0.2, -0.15) is 0 Å². The van der Waals surface area contributed by atoms with E-state index < -0.39 is 182 Å². The third kappa shape index (κ3) is 8.48. The first-order chi connectivity index (χ1) is 35.6. The topological polar surface area (TPSA) is 363 Å². The summed E-state index contributed by atoms with van der Waals surface area (Å²) in [4.78, 5) is 12.8. The highest BCUT2D eigenvalue weighted by molar-refractivity contribution is 5.74. The lowest BCUT2D eigenvalue weighted by Gasteiger charge is -2.75. The molecular formula is C53H86O23. The fourth-order valence-corrected chi connectivity index (χ4v) is 17.7. The zero-order valence-electron chi connectivity index (χ0n) is 44.7. The van der Waals surface area contributed by atoms with E-state index in [-0.39, 0.29) is 28.6 Å². The Balaban J connectivity index is 0.903. The van der Waals surface area contributed by atoms with Crippen LogP contribution in [-0.2, 0) is 47.4 Å². The molecule has 1 spiro atoms. The minimum absolute atomic E-state index is 0.0895. The molecule has 0 unspecified atom stereocenters. The van der Waals surface area contributed by atoms with Gasteiger partial charge in [-0.05, 0) is 112 Å². The lowest BCUT2D eigenvalue weighted by Crippen LogP contribution is -2.74. The molecule has 5 saturated carbocycles. The standard InChI is InChI=1S/C53H86O23/c1-22-31(57)35(61)38(64)42(70-22)76-41-37(63)33(59)24(19-55)72-45(41)73-25-20-68-44(40(34(25)60)75-43-39(65)36(62)32(58)23(18-54)71-43)74-30-10-11-49(5)26(47(30,2)3)8-12-50(6)27(49)9-13-53-28-16-48(4,46(66)67)14-15-52(28,21-69-53)29(56)17-51(50,53)7/h22-45,54-65H,8-21H2,1-7H3,(H,66,67)/t22-,23+,24+,25-,26-,27+,28+,29+,30-,31-,32+,33+,34-,35+,36-,37-,38+,39+,40+,41+,42-,43-,44-,45-,48+,49+,50+,51-,52+,53-/m0/s1. The smallest absolute Gasteiger partial charge is 0.309 e. The second-order valence-corrected chi connectivity index (χ2v) is 26.3. The molecule has 0 aromatic carbocycles. The van der Waals surface area contributed by atoms with E-state index in [0.717, 1.165) is 32.1 Å². The van der Waals surface area contributed by atoms with Crippen LogP contribution in [0, 0.1) is 50.2 Å². The second-order valence-electron chi connectivity index (χ2n) is 26.3. The number of hydrogen-bond acceptors (Lipinski definition) is 22. The van der Waals surface area contributed by atoms with Gasteiger partial charge >= 0.3 is 5.97 Å². The number of aliphatic hydroxyl groups is 12. The van der Waals surface area contributed by atoms with Crippen molar-refractivity contribution in [3.63, 3.8) is 0 Å². The van der Waals surface area contributed by atoms with Gasteiger partial charge in [-0.15, -0.1) is 0 Å². The molecule has 5 heterocycles. The van der Waals surface area contributed by atoms with Crippen molar-refractivity contribution in [1.82, 2.24) is 0 Å². The fraction of sp³-hybridized carbons (Fsp3) is 0.981. The largest absolute Gasteiger partial charge is 0.481 e. The van der Waals surface area contributed by atoms with Gasteiger partial charge in [-0.3, -0.25) is 4.79 Å². The molecule has 10 fully saturated rings. The van der Waals surface area contributed by atoms with E-state index in [0.29, 0.717) is 38.7 Å². The van der Waals surface area contributed by atoms with Crippen molar-refractivity contribution < 1.29 is 114 Å². The predicted molar refractivity (Wildman–Crippen MR) is 257 cm³/mol. The Morgan fingerprint density at radius 3 is 1.80 bits per heavy atom. The SMILES string of the molecule is C[C@@H]1O[C@@H](O[C@H]2[C@H](O[C@H]3CO[C@@H](O[C@H]4CC[C@@]5(C)[C@H]6CC[C@]78OC[C@@]9(CC[C@@](C)(C(=O)O)C[C@H]97)[C@H](O)C[C@@]8(C)[C@]6(C)CC[C@H]5C4(C)C)[C@H](O[C@@H]4O[C@H](CO)[C@@H](O)[C@H](O)[C@H]4O)[C@H]3O)O[C@H](CO)[C@@H](O)[C@@H]2O)[C@H](O)[C@H](O)[C@H]1O. The molecule has 76 heavy (non-hydrogen) atoms. The zero-order chi connectivity index (χ0) is 55.2. The first-order valence-electron chi connectivity index (χ1n) is 27.7. The molecule has 0 amide bonds. The number of carbonyl (C=O) groups is 1. The average Bonchev–Trinajstić information content (AvgIpc) is 3.87. The Labute approximate surface area is 442 Å². The highest BCUT2D eigenvalue weighted by Crippen LogP contribution is 2.80. The van der Waals surface area contributed by atoms with Crippen LogP contribution in [0.5, 0.6) is 0 Å². The average molecular weight is 1090 g/mol. The van der Waals surface area contributed by atoms with Crippen molar-refractivity contribution in [2.45, 2.75) is 247 Å². The summed E-state index contributed by atoms with van der Waals surface area (Å²) in [6.45, 7) is 13.1. The number of rotatable bonds is 11. The van der Waals surface area contributed by atoms with E-state index in [4.69, 9.17) is 42.6 Å². The van der Waals surface area contributed by atoms with Crippen molar-refractivity contribution in [3.8, 4) is 0 Å². The summed E-state index contributed by atoms with van der Waals surface area (Å²) in [5, 5.41) is 142. The Kier molecular flexibility index (Phi) is 15.4. The molecule has 5 saturated heterocycles. The molecule has 0 aromatic heterocycles. The van der Waals surface area contributed by atoms with Gasteiger partial charge in [-0.1, -0.05) is 34.6 Å². The number of hydrogen-bond donors (Lipinski definition) is 13. The molecule has 23 heteroatoms. The van der Waals surface area contributed by atoms with Crippen LogP contribution >= 0.6 is 0 Å². The van der Waals surface area contributed by atoms with Crippen LogP contribution < -0.4 is 0 Å². The molecule has 0 radical (unpaired) electrons. The molecule has 5 aliphatic carbocycles. The lowest BCUT2D eigenvalue weighted by atomic mass is 9.30. The predicted octanol–water partition coefficient (Wildman–Crippen LogP) is -1.62. The number of carboxylic acids is 1.